The van der Waals surface area contributed by atoms with Gasteiger partial charge in [-0.15, -0.1) is 0 Å². The monoisotopic (exact) mass is 453 g/mol. The molecule has 31 heavy (non-hydrogen) atoms. The quantitative estimate of drug-likeness (QED) is 0.327. The largest absolute Gasteiger partial charge is 0.497 e. The zero-order valence-electron chi connectivity index (χ0n) is 17.4. The van der Waals surface area contributed by atoms with Gasteiger partial charge in [-0.05, 0) is 79.7 Å². The summed E-state index contributed by atoms with van der Waals surface area (Å²) in [6.45, 7) is 3.39. The van der Waals surface area contributed by atoms with E-state index in [1.807, 2.05) is 42.5 Å². The standard InChI is InChI=1S/C24H24ClN3O2S/c1-16-21(22-14-19(29-2)8-9-23(22)26-16)10-11-28(15-20-7-4-12-30-20)24(31)27-18-6-3-5-17(25)13-18/h3-9,12-14,26H,10-11,15H2,1-2H3,(H,27,31). The van der Waals surface area contributed by atoms with Gasteiger partial charge in [0.25, 0.3) is 0 Å². The Morgan fingerprint density at radius 2 is 2.06 bits per heavy atom. The van der Waals surface area contributed by atoms with Crippen LogP contribution in [0.15, 0.2) is 65.3 Å². The number of H-pyrrole nitrogens is 1. The average Bonchev–Trinajstić information content (AvgIpc) is 3.37. The number of anilines is 1. The van der Waals surface area contributed by atoms with Crippen LogP contribution in [0.1, 0.15) is 17.0 Å². The van der Waals surface area contributed by atoms with E-state index in [4.69, 9.17) is 33.0 Å². The molecule has 0 aliphatic heterocycles. The maximum atomic E-state index is 6.12. The molecule has 4 aromatic rings. The fraction of sp³-hybridized carbons (Fsp3) is 0.208. The van der Waals surface area contributed by atoms with Crippen LogP contribution < -0.4 is 10.1 Å². The van der Waals surface area contributed by atoms with Crippen molar-refractivity contribution in [3.05, 3.63) is 82.9 Å². The Balaban J connectivity index is 1.55. The summed E-state index contributed by atoms with van der Waals surface area (Å²) in [7, 11) is 1.69. The van der Waals surface area contributed by atoms with Gasteiger partial charge in [0, 0.05) is 33.9 Å². The van der Waals surface area contributed by atoms with Gasteiger partial charge in [-0.1, -0.05) is 17.7 Å². The molecule has 0 unspecified atom stereocenters. The number of aryl methyl sites for hydroxylation is 1. The summed E-state index contributed by atoms with van der Waals surface area (Å²) in [6.07, 6.45) is 2.49. The smallest absolute Gasteiger partial charge is 0.173 e. The van der Waals surface area contributed by atoms with Crippen molar-refractivity contribution in [3.63, 3.8) is 0 Å². The van der Waals surface area contributed by atoms with Gasteiger partial charge in [-0.3, -0.25) is 0 Å². The Labute approximate surface area is 192 Å². The highest BCUT2D eigenvalue weighted by Gasteiger charge is 2.16. The number of thiocarbonyl (C=S) groups is 1. The summed E-state index contributed by atoms with van der Waals surface area (Å²) in [6, 6.07) is 17.5. The second-order valence-corrected chi connectivity index (χ2v) is 8.15. The van der Waals surface area contributed by atoms with Crippen LogP contribution in [0.5, 0.6) is 5.75 Å². The number of hydrogen-bond acceptors (Lipinski definition) is 3. The lowest BCUT2D eigenvalue weighted by Crippen LogP contribution is -2.35. The number of rotatable bonds is 7. The predicted molar refractivity (Wildman–Crippen MR) is 130 cm³/mol. The third-order valence-corrected chi connectivity index (χ3v) is 5.84. The van der Waals surface area contributed by atoms with Crippen molar-refractivity contribution >= 4 is 45.5 Å². The molecule has 2 aromatic carbocycles. The predicted octanol–water partition coefficient (Wildman–Crippen LogP) is 6.17. The van der Waals surface area contributed by atoms with E-state index in [1.165, 1.54) is 10.9 Å². The summed E-state index contributed by atoms with van der Waals surface area (Å²) in [5, 5.41) is 5.75. The minimum atomic E-state index is 0.574. The Morgan fingerprint density at radius 3 is 2.81 bits per heavy atom. The third-order valence-electron chi connectivity index (χ3n) is 5.25. The van der Waals surface area contributed by atoms with Crippen LogP contribution in [0, 0.1) is 6.92 Å². The van der Waals surface area contributed by atoms with E-state index in [2.05, 4.69) is 34.3 Å². The first-order valence-corrected chi connectivity index (χ1v) is 10.8. The van der Waals surface area contributed by atoms with Gasteiger partial charge in [-0.25, -0.2) is 0 Å². The lowest BCUT2D eigenvalue weighted by molar-refractivity contribution is 0.368. The average molecular weight is 454 g/mol. The molecule has 0 fully saturated rings. The van der Waals surface area contributed by atoms with E-state index in [-0.39, 0.29) is 0 Å². The summed E-state index contributed by atoms with van der Waals surface area (Å²) in [5.41, 5.74) is 4.36. The van der Waals surface area contributed by atoms with E-state index in [1.54, 1.807) is 13.4 Å². The molecular weight excluding hydrogens is 430 g/mol. The molecule has 0 saturated carbocycles. The van der Waals surface area contributed by atoms with E-state index in [9.17, 15) is 0 Å². The highest BCUT2D eigenvalue weighted by Crippen LogP contribution is 2.27. The fourth-order valence-corrected chi connectivity index (χ4v) is 4.13. The second kappa shape index (κ2) is 9.45. The fourth-order valence-electron chi connectivity index (χ4n) is 3.67. The molecule has 5 nitrogen and oxygen atoms in total. The lowest BCUT2D eigenvalue weighted by Gasteiger charge is -2.25. The SMILES string of the molecule is COc1ccc2[nH]c(C)c(CCN(Cc3ccco3)C(=S)Nc3cccc(Cl)c3)c2c1. The van der Waals surface area contributed by atoms with Crippen molar-refractivity contribution in [2.45, 2.75) is 19.9 Å². The van der Waals surface area contributed by atoms with Gasteiger partial charge in [0.05, 0.1) is 19.9 Å². The molecule has 7 heteroatoms. The number of nitrogens with zero attached hydrogens (tertiary/aromatic N) is 1. The van der Waals surface area contributed by atoms with E-state index in [0.29, 0.717) is 16.7 Å². The van der Waals surface area contributed by atoms with Crippen LogP contribution in [0.4, 0.5) is 5.69 Å². The number of benzene rings is 2. The van der Waals surface area contributed by atoms with Crippen LogP contribution in [0.2, 0.25) is 5.02 Å². The number of halogens is 1. The molecule has 0 radical (unpaired) electrons. The van der Waals surface area contributed by atoms with Crippen LogP contribution >= 0.6 is 23.8 Å². The zero-order valence-corrected chi connectivity index (χ0v) is 19.0. The molecule has 160 valence electrons. The number of methoxy groups -OCH3 is 1. The summed E-state index contributed by atoms with van der Waals surface area (Å²) in [4.78, 5) is 5.57. The lowest BCUT2D eigenvalue weighted by atomic mass is 10.1. The van der Waals surface area contributed by atoms with Gasteiger partial charge in [-0.2, -0.15) is 0 Å². The summed E-state index contributed by atoms with van der Waals surface area (Å²) in [5.74, 6) is 1.70. The Morgan fingerprint density at radius 1 is 1.19 bits per heavy atom. The summed E-state index contributed by atoms with van der Waals surface area (Å²) >= 11 is 11.9. The van der Waals surface area contributed by atoms with Gasteiger partial charge >= 0.3 is 0 Å². The zero-order chi connectivity index (χ0) is 21.8. The minimum absolute atomic E-state index is 0.574. The molecule has 0 amide bonds. The number of aromatic amines is 1. The minimum Gasteiger partial charge on any atom is -0.497 e. The van der Waals surface area contributed by atoms with Crippen LogP contribution in [-0.4, -0.2) is 28.7 Å². The van der Waals surface area contributed by atoms with Crippen molar-refractivity contribution in [1.29, 1.82) is 0 Å². The number of fused-ring (bicyclic) bond motifs is 1. The van der Waals surface area contributed by atoms with Crippen molar-refractivity contribution in [2.75, 3.05) is 19.0 Å². The van der Waals surface area contributed by atoms with Crippen molar-refractivity contribution in [1.82, 2.24) is 9.88 Å². The van der Waals surface area contributed by atoms with Gasteiger partial charge < -0.3 is 24.4 Å². The van der Waals surface area contributed by atoms with E-state index < -0.39 is 0 Å². The molecule has 2 N–H and O–H groups in total. The molecule has 2 aromatic heterocycles. The maximum absolute atomic E-state index is 6.12. The number of ether oxygens (including phenoxy) is 1. The Hall–Kier alpha value is -2.96. The first-order chi connectivity index (χ1) is 15.0. The molecule has 0 atom stereocenters. The number of hydrogen-bond donors (Lipinski definition) is 2. The molecular formula is C24H24ClN3O2S. The molecule has 0 saturated heterocycles. The first-order valence-electron chi connectivity index (χ1n) is 10.0. The van der Waals surface area contributed by atoms with Crippen LogP contribution in [0.3, 0.4) is 0 Å². The highest BCUT2D eigenvalue weighted by molar-refractivity contribution is 7.80. The maximum Gasteiger partial charge on any atom is 0.173 e. The number of furan rings is 1. The van der Waals surface area contributed by atoms with Gasteiger partial charge in [0.2, 0.25) is 0 Å². The molecule has 0 aliphatic carbocycles. The topological polar surface area (TPSA) is 53.4 Å². The first kappa shape index (κ1) is 21.3. The van der Waals surface area contributed by atoms with Gasteiger partial charge in [0.1, 0.15) is 11.5 Å². The normalized spacial score (nSPS) is 10.9. The van der Waals surface area contributed by atoms with Crippen molar-refractivity contribution in [3.8, 4) is 5.75 Å². The second-order valence-electron chi connectivity index (χ2n) is 7.33. The summed E-state index contributed by atoms with van der Waals surface area (Å²) < 4.78 is 11.0. The van der Waals surface area contributed by atoms with Crippen LogP contribution in [0.25, 0.3) is 10.9 Å². The van der Waals surface area contributed by atoms with Crippen molar-refractivity contribution < 1.29 is 9.15 Å². The Kier molecular flexibility index (Phi) is 6.49. The third kappa shape index (κ3) is 5.03. The highest BCUT2D eigenvalue weighted by atomic mass is 35.5. The van der Waals surface area contributed by atoms with E-state index >= 15 is 0 Å². The molecule has 2 heterocycles. The van der Waals surface area contributed by atoms with E-state index in [0.717, 1.165) is 41.4 Å². The molecule has 0 bridgehead atoms. The number of nitrogens with one attached hydrogen (secondary N) is 2. The van der Waals surface area contributed by atoms with Crippen LogP contribution in [-0.2, 0) is 13.0 Å². The number of aromatic nitrogens is 1. The molecule has 0 aliphatic rings. The Bertz CT molecular complexity index is 1190. The van der Waals surface area contributed by atoms with Gasteiger partial charge in [0.15, 0.2) is 5.11 Å². The molecule has 0 spiro atoms. The molecule has 4 rings (SSSR count). The van der Waals surface area contributed by atoms with Crippen molar-refractivity contribution in [2.24, 2.45) is 0 Å².